The van der Waals surface area contributed by atoms with Crippen molar-refractivity contribution in [1.29, 1.82) is 0 Å². The summed E-state index contributed by atoms with van der Waals surface area (Å²) in [5.41, 5.74) is 0. The monoisotopic (exact) mass is 248 g/mol. The Morgan fingerprint density at radius 2 is 2.33 bits per heavy atom. The minimum absolute atomic E-state index is 0.0628. The van der Waals surface area contributed by atoms with Crippen LogP contribution in [0.15, 0.2) is 16.5 Å². The molecule has 1 aliphatic heterocycles. The van der Waals surface area contributed by atoms with Crippen molar-refractivity contribution in [3.05, 3.63) is 23.7 Å². The first-order valence-corrected chi connectivity index (χ1v) is 6.84. The van der Waals surface area contributed by atoms with E-state index in [1.807, 2.05) is 6.07 Å². The first-order valence-electron chi connectivity index (χ1n) is 6.84. The lowest BCUT2D eigenvalue weighted by Crippen LogP contribution is -2.47. The van der Waals surface area contributed by atoms with Crippen molar-refractivity contribution in [2.75, 3.05) is 6.54 Å². The van der Waals surface area contributed by atoms with Gasteiger partial charge in [-0.1, -0.05) is 6.92 Å². The first-order chi connectivity index (χ1) is 8.74. The van der Waals surface area contributed by atoms with Crippen LogP contribution in [0.3, 0.4) is 0 Å². The zero-order chi connectivity index (χ0) is 12.5. The number of piperidine rings is 1. The Hall–Kier alpha value is -1.29. The molecule has 1 aromatic rings. The molecule has 18 heavy (non-hydrogen) atoms. The van der Waals surface area contributed by atoms with E-state index in [4.69, 9.17) is 4.42 Å². The molecular weight excluding hydrogens is 228 g/mol. The van der Waals surface area contributed by atoms with E-state index in [9.17, 15) is 4.79 Å². The van der Waals surface area contributed by atoms with Crippen LogP contribution in [0.5, 0.6) is 0 Å². The normalized spacial score (nSPS) is 31.2. The van der Waals surface area contributed by atoms with Gasteiger partial charge in [0.25, 0.3) is 0 Å². The summed E-state index contributed by atoms with van der Waals surface area (Å²) in [4.78, 5) is 11.6. The van der Waals surface area contributed by atoms with Crippen LogP contribution in [0.25, 0.3) is 0 Å². The maximum atomic E-state index is 11.6. The highest BCUT2D eigenvalue weighted by atomic mass is 16.3. The molecule has 0 bridgehead atoms. The number of carbonyl (C=O) groups is 1. The first kappa shape index (κ1) is 11.8. The molecule has 2 fully saturated rings. The summed E-state index contributed by atoms with van der Waals surface area (Å²) in [6.45, 7) is 3.69. The molecule has 2 aliphatic rings. The molecule has 1 amide bonds. The van der Waals surface area contributed by atoms with Crippen molar-refractivity contribution < 1.29 is 9.21 Å². The summed E-state index contributed by atoms with van der Waals surface area (Å²) in [5, 5.41) is 6.14. The highest BCUT2D eigenvalue weighted by Crippen LogP contribution is 2.47. The molecule has 1 saturated heterocycles. The maximum Gasteiger partial charge on any atom is 0.237 e. The summed E-state index contributed by atoms with van der Waals surface area (Å²) in [7, 11) is 0. The van der Waals surface area contributed by atoms with Gasteiger partial charge in [0.1, 0.15) is 11.5 Å². The summed E-state index contributed by atoms with van der Waals surface area (Å²) in [6, 6.07) is 4.03. The summed E-state index contributed by atoms with van der Waals surface area (Å²) >= 11 is 0. The quantitative estimate of drug-likeness (QED) is 0.854. The number of furan rings is 1. The van der Waals surface area contributed by atoms with E-state index in [1.165, 1.54) is 6.42 Å². The van der Waals surface area contributed by atoms with Gasteiger partial charge < -0.3 is 9.73 Å². The van der Waals surface area contributed by atoms with Gasteiger partial charge in [-0.2, -0.15) is 0 Å². The molecule has 1 aromatic heterocycles. The van der Waals surface area contributed by atoms with Gasteiger partial charge in [-0.25, -0.2) is 0 Å². The van der Waals surface area contributed by atoms with Crippen LogP contribution >= 0.6 is 0 Å². The molecule has 4 nitrogen and oxygen atoms in total. The fourth-order valence-corrected chi connectivity index (χ4v) is 2.60. The lowest BCUT2D eigenvalue weighted by molar-refractivity contribution is -0.124. The highest BCUT2D eigenvalue weighted by molar-refractivity contribution is 5.82. The SMILES string of the molecule is CC1CC1c1ccc(CNC2CCCNC2=O)o1. The van der Waals surface area contributed by atoms with Crippen molar-refractivity contribution >= 4 is 5.91 Å². The van der Waals surface area contributed by atoms with Crippen LogP contribution in [0, 0.1) is 5.92 Å². The van der Waals surface area contributed by atoms with Crippen LogP contribution in [0.2, 0.25) is 0 Å². The van der Waals surface area contributed by atoms with Gasteiger partial charge in [0.2, 0.25) is 5.91 Å². The van der Waals surface area contributed by atoms with Crippen LogP contribution in [0.4, 0.5) is 0 Å². The smallest absolute Gasteiger partial charge is 0.237 e. The molecule has 2 heterocycles. The van der Waals surface area contributed by atoms with Crippen LogP contribution < -0.4 is 10.6 Å². The van der Waals surface area contributed by atoms with E-state index in [1.54, 1.807) is 0 Å². The Morgan fingerprint density at radius 3 is 3.06 bits per heavy atom. The van der Waals surface area contributed by atoms with Crippen molar-refractivity contribution in [2.45, 2.75) is 44.7 Å². The van der Waals surface area contributed by atoms with E-state index in [-0.39, 0.29) is 11.9 Å². The number of carbonyl (C=O) groups excluding carboxylic acids is 1. The lowest BCUT2D eigenvalue weighted by Gasteiger charge is -2.22. The Morgan fingerprint density at radius 1 is 1.50 bits per heavy atom. The third-order valence-electron chi connectivity index (χ3n) is 3.97. The number of hydrogen-bond donors (Lipinski definition) is 2. The average Bonchev–Trinajstić information content (AvgIpc) is 2.91. The number of hydrogen-bond acceptors (Lipinski definition) is 3. The third-order valence-corrected chi connectivity index (χ3v) is 3.97. The molecule has 3 rings (SSSR count). The Bertz CT molecular complexity index is 441. The van der Waals surface area contributed by atoms with Crippen LogP contribution in [0.1, 0.15) is 43.6 Å². The van der Waals surface area contributed by atoms with Gasteiger partial charge in [0.05, 0.1) is 12.6 Å². The maximum absolute atomic E-state index is 11.6. The number of nitrogens with one attached hydrogen (secondary N) is 2. The van der Waals surface area contributed by atoms with Gasteiger partial charge in [0.15, 0.2) is 0 Å². The summed E-state index contributed by atoms with van der Waals surface area (Å²) in [6.07, 6.45) is 3.21. The Kier molecular flexibility index (Phi) is 3.12. The number of rotatable bonds is 4. The lowest BCUT2D eigenvalue weighted by atomic mass is 10.1. The van der Waals surface area contributed by atoms with Gasteiger partial charge in [0, 0.05) is 12.5 Å². The van der Waals surface area contributed by atoms with E-state index >= 15 is 0 Å². The van der Waals surface area contributed by atoms with Crippen LogP contribution in [-0.2, 0) is 11.3 Å². The highest BCUT2D eigenvalue weighted by Gasteiger charge is 2.36. The Balaban J connectivity index is 1.53. The van der Waals surface area contributed by atoms with E-state index in [2.05, 4.69) is 23.6 Å². The van der Waals surface area contributed by atoms with E-state index in [0.29, 0.717) is 12.5 Å². The summed E-state index contributed by atoms with van der Waals surface area (Å²) < 4.78 is 5.81. The zero-order valence-electron chi connectivity index (χ0n) is 10.7. The second-order valence-corrected chi connectivity index (χ2v) is 5.49. The fraction of sp³-hybridized carbons (Fsp3) is 0.643. The molecule has 2 N–H and O–H groups in total. The van der Waals surface area contributed by atoms with Gasteiger partial charge >= 0.3 is 0 Å². The molecule has 98 valence electrons. The predicted octanol–water partition coefficient (Wildman–Crippen LogP) is 1.77. The Labute approximate surface area is 107 Å². The average molecular weight is 248 g/mol. The molecule has 0 aromatic carbocycles. The topological polar surface area (TPSA) is 54.3 Å². The van der Waals surface area contributed by atoms with Crippen molar-refractivity contribution in [3.63, 3.8) is 0 Å². The standard InChI is InChI=1S/C14H20N2O2/c1-9-7-11(9)13-5-4-10(18-13)8-16-12-3-2-6-15-14(12)17/h4-5,9,11-12,16H,2-3,6-8H2,1H3,(H,15,17). The van der Waals surface area contributed by atoms with Crippen molar-refractivity contribution in [1.82, 2.24) is 10.6 Å². The molecule has 1 saturated carbocycles. The molecule has 0 spiro atoms. The molecule has 3 atom stereocenters. The van der Waals surface area contributed by atoms with E-state index in [0.717, 1.165) is 36.8 Å². The molecule has 1 aliphatic carbocycles. The molecule has 3 unspecified atom stereocenters. The van der Waals surface area contributed by atoms with Crippen LogP contribution in [-0.4, -0.2) is 18.5 Å². The third kappa shape index (κ3) is 2.43. The minimum atomic E-state index is -0.0628. The van der Waals surface area contributed by atoms with Crippen molar-refractivity contribution in [2.24, 2.45) is 5.92 Å². The summed E-state index contributed by atoms with van der Waals surface area (Å²) in [5.74, 6) is 3.54. The second kappa shape index (κ2) is 4.76. The largest absolute Gasteiger partial charge is 0.464 e. The molecular formula is C14H20N2O2. The minimum Gasteiger partial charge on any atom is -0.464 e. The second-order valence-electron chi connectivity index (χ2n) is 5.49. The van der Waals surface area contributed by atoms with Gasteiger partial charge in [-0.3, -0.25) is 10.1 Å². The molecule has 0 radical (unpaired) electrons. The fourth-order valence-electron chi connectivity index (χ4n) is 2.60. The van der Waals surface area contributed by atoms with Crippen molar-refractivity contribution in [3.8, 4) is 0 Å². The van der Waals surface area contributed by atoms with Gasteiger partial charge in [-0.15, -0.1) is 0 Å². The predicted molar refractivity (Wildman–Crippen MR) is 68.1 cm³/mol. The molecule has 4 heteroatoms. The van der Waals surface area contributed by atoms with E-state index < -0.39 is 0 Å². The van der Waals surface area contributed by atoms with Gasteiger partial charge in [-0.05, 0) is 37.3 Å². The number of amides is 1. The zero-order valence-corrected chi connectivity index (χ0v) is 10.7.